The summed E-state index contributed by atoms with van der Waals surface area (Å²) in [7, 11) is 1.93. The van der Waals surface area contributed by atoms with Gasteiger partial charge in [0.15, 0.2) is 0 Å². The highest BCUT2D eigenvalue weighted by atomic mass is 14.8. The summed E-state index contributed by atoms with van der Waals surface area (Å²) in [6.45, 7) is 5.79. The molecule has 1 aromatic carbocycles. The van der Waals surface area contributed by atoms with E-state index >= 15 is 0 Å². The molecule has 1 aromatic rings. The fourth-order valence-electron chi connectivity index (χ4n) is 1.09. The molecule has 0 atom stereocenters. The Balaban J connectivity index is 3.09. The van der Waals surface area contributed by atoms with E-state index in [1.54, 1.807) is 0 Å². The number of anilines is 1. The Labute approximate surface area is 67.8 Å². The quantitative estimate of drug-likeness (QED) is 0.678. The Morgan fingerprint density at radius 3 is 2.64 bits per heavy atom. The summed E-state index contributed by atoms with van der Waals surface area (Å²) >= 11 is 0. The lowest BCUT2D eigenvalue weighted by Crippen LogP contribution is -1.90. The number of nitrogens with one attached hydrogen (secondary N) is 1. The zero-order chi connectivity index (χ0) is 8.27. The van der Waals surface area contributed by atoms with E-state index in [0.717, 1.165) is 0 Å². The average Bonchev–Trinajstić information content (AvgIpc) is 2.04. The molecule has 58 valence electrons. The fraction of sp³-hybridized carbons (Fsp3) is 0.200. The first-order valence-corrected chi connectivity index (χ1v) is 3.68. The van der Waals surface area contributed by atoms with Gasteiger partial charge in [0.1, 0.15) is 0 Å². The summed E-state index contributed by atoms with van der Waals surface area (Å²) < 4.78 is 0. The largest absolute Gasteiger partial charge is 0.388 e. The van der Waals surface area contributed by atoms with Crippen LogP contribution in [0.15, 0.2) is 24.8 Å². The van der Waals surface area contributed by atoms with Crippen LogP contribution in [0.4, 0.5) is 5.69 Å². The minimum absolute atomic E-state index is 1.17. The van der Waals surface area contributed by atoms with Crippen LogP contribution in [-0.2, 0) is 0 Å². The van der Waals surface area contributed by atoms with Crippen LogP contribution in [-0.4, -0.2) is 7.05 Å². The van der Waals surface area contributed by atoms with Crippen molar-refractivity contribution in [3.05, 3.63) is 35.9 Å². The van der Waals surface area contributed by atoms with Crippen molar-refractivity contribution in [1.82, 2.24) is 0 Å². The van der Waals surface area contributed by atoms with Crippen LogP contribution in [0, 0.1) is 6.92 Å². The molecule has 0 aliphatic rings. The maximum absolute atomic E-state index is 3.71. The first-order valence-electron chi connectivity index (χ1n) is 3.68. The van der Waals surface area contributed by atoms with Crippen LogP contribution in [0.3, 0.4) is 0 Å². The maximum atomic E-state index is 3.71. The summed E-state index contributed by atoms with van der Waals surface area (Å²) in [6.07, 6.45) is 1.85. The van der Waals surface area contributed by atoms with Crippen molar-refractivity contribution in [2.24, 2.45) is 0 Å². The number of hydrogen-bond donors (Lipinski definition) is 1. The van der Waals surface area contributed by atoms with Gasteiger partial charge < -0.3 is 5.32 Å². The molecule has 0 aliphatic carbocycles. The molecule has 0 radical (unpaired) electrons. The third-order valence-electron chi connectivity index (χ3n) is 1.76. The number of benzene rings is 1. The molecule has 0 unspecified atom stereocenters. The van der Waals surface area contributed by atoms with E-state index in [-0.39, 0.29) is 0 Å². The second-order valence-electron chi connectivity index (χ2n) is 2.53. The van der Waals surface area contributed by atoms with Crippen molar-refractivity contribution in [1.29, 1.82) is 0 Å². The summed E-state index contributed by atoms with van der Waals surface area (Å²) in [5, 5.41) is 3.11. The molecule has 0 aromatic heterocycles. The summed E-state index contributed by atoms with van der Waals surface area (Å²) in [4.78, 5) is 0. The van der Waals surface area contributed by atoms with Gasteiger partial charge in [0.25, 0.3) is 0 Å². The van der Waals surface area contributed by atoms with Gasteiger partial charge in [-0.25, -0.2) is 0 Å². The highest BCUT2D eigenvalue weighted by molar-refractivity contribution is 5.58. The Kier molecular flexibility index (Phi) is 2.32. The van der Waals surface area contributed by atoms with Crippen LogP contribution < -0.4 is 5.32 Å². The molecule has 0 aliphatic heterocycles. The molecule has 0 spiro atoms. The molecule has 0 amide bonds. The van der Waals surface area contributed by atoms with Gasteiger partial charge in [-0.2, -0.15) is 0 Å². The van der Waals surface area contributed by atoms with E-state index in [0.29, 0.717) is 0 Å². The van der Waals surface area contributed by atoms with Crippen LogP contribution in [0.2, 0.25) is 0 Å². The first-order chi connectivity index (χ1) is 5.27. The topological polar surface area (TPSA) is 12.0 Å². The van der Waals surface area contributed by atoms with Crippen molar-refractivity contribution in [3.8, 4) is 0 Å². The predicted octanol–water partition coefficient (Wildman–Crippen LogP) is 2.68. The zero-order valence-corrected chi connectivity index (χ0v) is 7.02. The van der Waals surface area contributed by atoms with Crippen molar-refractivity contribution in [2.75, 3.05) is 12.4 Å². The van der Waals surface area contributed by atoms with Crippen LogP contribution in [0.1, 0.15) is 11.1 Å². The molecule has 0 saturated heterocycles. The van der Waals surface area contributed by atoms with Crippen LogP contribution in [0.25, 0.3) is 6.08 Å². The van der Waals surface area contributed by atoms with Crippen LogP contribution in [0.5, 0.6) is 0 Å². The molecule has 1 nitrogen and oxygen atoms in total. The Morgan fingerprint density at radius 1 is 1.45 bits per heavy atom. The Bertz CT molecular complexity index is 264. The van der Waals surface area contributed by atoms with Crippen molar-refractivity contribution in [3.63, 3.8) is 0 Å². The van der Waals surface area contributed by atoms with Crippen molar-refractivity contribution < 1.29 is 0 Å². The van der Waals surface area contributed by atoms with E-state index in [1.807, 2.05) is 19.2 Å². The Hall–Kier alpha value is -1.24. The molecule has 0 heterocycles. The molecule has 0 bridgehead atoms. The fourth-order valence-corrected chi connectivity index (χ4v) is 1.09. The standard InChI is InChI=1S/C10H13N/c1-4-9-5-6-10(11-3)8(2)7-9/h4-7,11H,1H2,2-3H3. The average molecular weight is 147 g/mol. The van der Waals surface area contributed by atoms with E-state index in [4.69, 9.17) is 0 Å². The summed E-state index contributed by atoms with van der Waals surface area (Å²) in [6, 6.07) is 6.22. The molecule has 0 fully saturated rings. The molecule has 0 saturated carbocycles. The molecule has 11 heavy (non-hydrogen) atoms. The van der Waals surface area contributed by atoms with E-state index in [1.165, 1.54) is 16.8 Å². The minimum atomic E-state index is 1.17. The second-order valence-corrected chi connectivity index (χ2v) is 2.53. The predicted molar refractivity (Wildman–Crippen MR) is 50.8 cm³/mol. The van der Waals surface area contributed by atoms with Gasteiger partial charge in [0.05, 0.1) is 0 Å². The highest BCUT2D eigenvalue weighted by Gasteiger charge is 1.93. The van der Waals surface area contributed by atoms with E-state index in [2.05, 4.69) is 31.0 Å². The van der Waals surface area contributed by atoms with E-state index in [9.17, 15) is 0 Å². The first kappa shape index (κ1) is 7.86. The second kappa shape index (κ2) is 3.24. The normalized spacial score (nSPS) is 9.27. The molecule has 1 heteroatoms. The van der Waals surface area contributed by atoms with Crippen molar-refractivity contribution in [2.45, 2.75) is 6.92 Å². The van der Waals surface area contributed by atoms with Gasteiger partial charge in [0, 0.05) is 12.7 Å². The lowest BCUT2D eigenvalue weighted by Gasteiger charge is -2.04. The monoisotopic (exact) mass is 147 g/mol. The number of aryl methyl sites for hydroxylation is 1. The van der Waals surface area contributed by atoms with E-state index < -0.39 is 0 Å². The molecular weight excluding hydrogens is 134 g/mol. The zero-order valence-electron chi connectivity index (χ0n) is 7.02. The van der Waals surface area contributed by atoms with Crippen LogP contribution >= 0.6 is 0 Å². The van der Waals surface area contributed by atoms with Gasteiger partial charge in [0.2, 0.25) is 0 Å². The van der Waals surface area contributed by atoms with Gasteiger partial charge in [-0.15, -0.1) is 0 Å². The lowest BCUT2D eigenvalue weighted by molar-refractivity contribution is 1.40. The summed E-state index contributed by atoms with van der Waals surface area (Å²) in [5.41, 5.74) is 3.60. The minimum Gasteiger partial charge on any atom is -0.388 e. The maximum Gasteiger partial charge on any atom is 0.0367 e. The lowest BCUT2D eigenvalue weighted by atomic mass is 10.1. The third kappa shape index (κ3) is 1.61. The van der Waals surface area contributed by atoms with Gasteiger partial charge in [-0.3, -0.25) is 0 Å². The van der Waals surface area contributed by atoms with Gasteiger partial charge in [-0.05, 0) is 24.1 Å². The molecule has 1 N–H and O–H groups in total. The van der Waals surface area contributed by atoms with Gasteiger partial charge in [-0.1, -0.05) is 24.8 Å². The Morgan fingerprint density at radius 2 is 2.18 bits per heavy atom. The molecule has 1 rings (SSSR count). The smallest absolute Gasteiger partial charge is 0.0367 e. The van der Waals surface area contributed by atoms with Gasteiger partial charge >= 0.3 is 0 Å². The summed E-state index contributed by atoms with van der Waals surface area (Å²) in [5.74, 6) is 0. The third-order valence-corrected chi connectivity index (χ3v) is 1.76. The highest BCUT2D eigenvalue weighted by Crippen LogP contribution is 2.15. The van der Waals surface area contributed by atoms with Crippen molar-refractivity contribution >= 4 is 11.8 Å². The number of rotatable bonds is 2. The SMILES string of the molecule is C=Cc1ccc(NC)c(C)c1. The number of hydrogen-bond acceptors (Lipinski definition) is 1. The molecular formula is C10H13N.